The van der Waals surface area contributed by atoms with E-state index < -0.39 is 0 Å². The summed E-state index contributed by atoms with van der Waals surface area (Å²) in [7, 11) is 0. The van der Waals surface area contributed by atoms with Gasteiger partial charge in [-0.1, -0.05) is 12.1 Å². The van der Waals surface area contributed by atoms with Gasteiger partial charge in [0.15, 0.2) is 0 Å². The van der Waals surface area contributed by atoms with Gasteiger partial charge < -0.3 is 10.1 Å². The van der Waals surface area contributed by atoms with Gasteiger partial charge in [0.2, 0.25) is 0 Å². The molecule has 0 unspecified atom stereocenters. The molecule has 1 aromatic carbocycles. The summed E-state index contributed by atoms with van der Waals surface area (Å²) in [4.78, 5) is 28.1. The first-order valence-corrected chi connectivity index (χ1v) is 9.97. The van der Waals surface area contributed by atoms with Gasteiger partial charge in [-0.05, 0) is 61.9 Å². The zero-order valence-corrected chi connectivity index (χ0v) is 16.7. The van der Waals surface area contributed by atoms with Crippen LogP contribution in [0, 0.1) is 13.8 Å². The lowest BCUT2D eigenvalue weighted by molar-refractivity contribution is -0.137. The van der Waals surface area contributed by atoms with E-state index in [4.69, 9.17) is 4.74 Å². The molecule has 0 aliphatic carbocycles. The first kappa shape index (κ1) is 19.3. The van der Waals surface area contributed by atoms with Crippen LogP contribution in [0.1, 0.15) is 29.3 Å². The van der Waals surface area contributed by atoms with E-state index in [0.29, 0.717) is 37.4 Å². The third-order valence-electron chi connectivity index (χ3n) is 4.59. The van der Waals surface area contributed by atoms with Crippen molar-refractivity contribution in [2.45, 2.75) is 27.2 Å². The van der Waals surface area contributed by atoms with E-state index in [1.807, 2.05) is 56.5 Å². The molecule has 0 atom stereocenters. The Balaban J connectivity index is 1.89. The summed E-state index contributed by atoms with van der Waals surface area (Å²) in [6, 6.07) is 9.68. The standard InChI is InChI=1S/C21H24N2O3S/c1-4-26-11-6-10-23-20(24)18(17-7-5-12-27-17)19(21(23)25)22-16-9-8-14(2)15(3)13-16/h5,7-9,12-13,22H,4,6,10-11H2,1-3H3. The molecular weight excluding hydrogens is 360 g/mol. The summed E-state index contributed by atoms with van der Waals surface area (Å²) < 4.78 is 5.33. The Morgan fingerprint density at radius 1 is 1.11 bits per heavy atom. The quantitative estimate of drug-likeness (QED) is 0.552. The number of thiophene rings is 1. The molecule has 6 heteroatoms. The number of anilines is 1. The van der Waals surface area contributed by atoms with Crippen LogP contribution in [0.25, 0.3) is 5.57 Å². The summed E-state index contributed by atoms with van der Waals surface area (Å²) in [6.45, 7) is 7.50. The lowest BCUT2D eigenvalue weighted by Crippen LogP contribution is -2.33. The number of carbonyl (C=O) groups excluding carboxylic acids is 2. The number of ether oxygens (including phenoxy) is 1. The van der Waals surface area contributed by atoms with E-state index in [9.17, 15) is 9.59 Å². The highest BCUT2D eigenvalue weighted by atomic mass is 32.1. The Kier molecular flexibility index (Phi) is 6.08. The fourth-order valence-corrected chi connectivity index (χ4v) is 3.75. The van der Waals surface area contributed by atoms with Crippen molar-refractivity contribution < 1.29 is 14.3 Å². The average Bonchev–Trinajstić information content (AvgIpc) is 3.24. The molecule has 5 nitrogen and oxygen atoms in total. The molecule has 0 saturated heterocycles. The van der Waals surface area contributed by atoms with Gasteiger partial charge in [-0.3, -0.25) is 14.5 Å². The largest absolute Gasteiger partial charge is 0.382 e. The topological polar surface area (TPSA) is 58.6 Å². The number of aryl methyl sites for hydroxylation is 2. The van der Waals surface area contributed by atoms with Gasteiger partial charge >= 0.3 is 0 Å². The molecule has 1 N–H and O–H groups in total. The lowest BCUT2D eigenvalue weighted by Gasteiger charge is -2.15. The van der Waals surface area contributed by atoms with Gasteiger partial charge in [-0.25, -0.2) is 0 Å². The Morgan fingerprint density at radius 3 is 2.59 bits per heavy atom. The van der Waals surface area contributed by atoms with Crippen LogP contribution in [0.4, 0.5) is 5.69 Å². The maximum absolute atomic E-state index is 13.0. The van der Waals surface area contributed by atoms with Gasteiger partial charge in [0.25, 0.3) is 11.8 Å². The molecule has 1 aliphatic rings. The van der Waals surface area contributed by atoms with Crippen molar-refractivity contribution in [2.24, 2.45) is 0 Å². The molecular formula is C21H24N2O3S. The van der Waals surface area contributed by atoms with Crippen LogP contribution in [0.15, 0.2) is 41.4 Å². The van der Waals surface area contributed by atoms with E-state index in [0.717, 1.165) is 16.1 Å². The van der Waals surface area contributed by atoms with Crippen LogP contribution in [0.5, 0.6) is 0 Å². The average molecular weight is 385 g/mol. The molecule has 2 aromatic rings. The molecule has 1 aliphatic heterocycles. The minimum Gasteiger partial charge on any atom is -0.382 e. The minimum atomic E-state index is -0.280. The second kappa shape index (κ2) is 8.50. The van der Waals surface area contributed by atoms with Crippen molar-refractivity contribution in [3.8, 4) is 0 Å². The molecule has 0 fully saturated rings. The summed E-state index contributed by atoms with van der Waals surface area (Å²) in [5, 5.41) is 5.11. The van der Waals surface area contributed by atoms with E-state index >= 15 is 0 Å². The fraction of sp³-hybridized carbons (Fsp3) is 0.333. The second-order valence-corrected chi connectivity index (χ2v) is 7.41. The predicted octanol–water partition coefficient (Wildman–Crippen LogP) is 3.98. The monoisotopic (exact) mass is 384 g/mol. The maximum Gasteiger partial charge on any atom is 0.278 e. The molecule has 1 aromatic heterocycles. The van der Waals surface area contributed by atoms with Crippen molar-refractivity contribution in [3.05, 3.63) is 57.4 Å². The summed E-state index contributed by atoms with van der Waals surface area (Å²) in [5.41, 5.74) is 3.91. The van der Waals surface area contributed by atoms with Crippen LogP contribution in [0.2, 0.25) is 0 Å². The highest BCUT2D eigenvalue weighted by molar-refractivity contribution is 7.11. The minimum absolute atomic E-state index is 0.245. The molecule has 0 radical (unpaired) electrons. The molecule has 2 amide bonds. The number of nitrogens with one attached hydrogen (secondary N) is 1. The Hall–Kier alpha value is -2.44. The van der Waals surface area contributed by atoms with E-state index in [-0.39, 0.29) is 11.8 Å². The molecule has 27 heavy (non-hydrogen) atoms. The zero-order valence-electron chi connectivity index (χ0n) is 15.9. The number of rotatable bonds is 8. The van der Waals surface area contributed by atoms with Crippen LogP contribution in [-0.2, 0) is 14.3 Å². The zero-order chi connectivity index (χ0) is 19.4. The lowest BCUT2D eigenvalue weighted by atomic mass is 10.1. The van der Waals surface area contributed by atoms with E-state index in [1.165, 1.54) is 21.8 Å². The molecule has 3 rings (SSSR count). The first-order chi connectivity index (χ1) is 13.0. The smallest absolute Gasteiger partial charge is 0.278 e. The van der Waals surface area contributed by atoms with Crippen LogP contribution in [0.3, 0.4) is 0 Å². The van der Waals surface area contributed by atoms with Gasteiger partial charge in [-0.2, -0.15) is 0 Å². The van der Waals surface area contributed by atoms with Crippen LogP contribution < -0.4 is 5.32 Å². The van der Waals surface area contributed by atoms with Gasteiger partial charge in [0.05, 0.1) is 5.57 Å². The molecule has 142 valence electrons. The molecule has 0 spiro atoms. The van der Waals surface area contributed by atoms with Crippen LogP contribution in [-0.4, -0.2) is 36.5 Å². The SMILES string of the molecule is CCOCCCN1C(=O)C(Nc2ccc(C)c(C)c2)=C(c2cccs2)C1=O. The highest BCUT2D eigenvalue weighted by Crippen LogP contribution is 2.33. The van der Waals surface area contributed by atoms with Crippen molar-refractivity contribution in [1.29, 1.82) is 0 Å². The number of hydrogen-bond donors (Lipinski definition) is 1. The number of nitrogens with zero attached hydrogens (tertiary/aromatic N) is 1. The number of amides is 2. The van der Waals surface area contributed by atoms with Crippen molar-refractivity contribution in [3.63, 3.8) is 0 Å². The van der Waals surface area contributed by atoms with Crippen molar-refractivity contribution in [2.75, 3.05) is 25.1 Å². The first-order valence-electron chi connectivity index (χ1n) is 9.09. The molecule has 0 saturated carbocycles. The number of benzene rings is 1. The van der Waals surface area contributed by atoms with E-state index in [2.05, 4.69) is 5.32 Å². The van der Waals surface area contributed by atoms with Crippen LogP contribution >= 0.6 is 11.3 Å². The normalized spacial score (nSPS) is 14.4. The third-order valence-corrected chi connectivity index (χ3v) is 5.47. The Bertz CT molecular complexity index is 872. The second-order valence-electron chi connectivity index (χ2n) is 6.46. The Labute approximate surface area is 163 Å². The number of imide groups is 1. The van der Waals surface area contributed by atoms with Crippen molar-refractivity contribution >= 4 is 34.4 Å². The highest BCUT2D eigenvalue weighted by Gasteiger charge is 2.39. The molecule has 2 heterocycles. The van der Waals surface area contributed by atoms with E-state index in [1.54, 1.807) is 0 Å². The van der Waals surface area contributed by atoms with Gasteiger partial charge in [0.1, 0.15) is 5.70 Å². The van der Waals surface area contributed by atoms with Crippen molar-refractivity contribution in [1.82, 2.24) is 4.90 Å². The van der Waals surface area contributed by atoms with Gasteiger partial charge in [-0.15, -0.1) is 11.3 Å². The number of hydrogen-bond acceptors (Lipinski definition) is 5. The van der Waals surface area contributed by atoms with Gasteiger partial charge in [0, 0.05) is 30.3 Å². The predicted molar refractivity (Wildman–Crippen MR) is 109 cm³/mol. The summed E-state index contributed by atoms with van der Waals surface area (Å²) in [5.74, 6) is -0.525. The molecule has 0 bridgehead atoms. The Morgan fingerprint density at radius 2 is 1.93 bits per heavy atom. The number of carbonyl (C=O) groups is 2. The summed E-state index contributed by atoms with van der Waals surface area (Å²) >= 11 is 1.46. The summed E-state index contributed by atoms with van der Waals surface area (Å²) in [6.07, 6.45) is 0.625. The fourth-order valence-electron chi connectivity index (χ4n) is 2.98. The third kappa shape index (κ3) is 4.12. The maximum atomic E-state index is 13.0.